The van der Waals surface area contributed by atoms with E-state index < -0.39 is 0 Å². The summed E-state index contributed by atoms with van der Waals surface area (Å²) in [5.41, 5.74) is 7.98. The predicted molar refractivity (Wildman–Crippen MR) is 71.3 cm³/mol. The van der Waals surface area contributed by atoms with Crippen LogP contribution in [0.4, 0.5) is 0 Å². The van der Waals surface area contributed by atoms with Gasteiger partial charge in [0.2, 0.25) is 0 Å². The van der Waals surface area contributed by atoms with Gasteiger partial charge in [-0.2, -0.15) is 0 Å². The zero-order valence-electron chi connectivity index (χ0n) is 11.1. The second-order valence-electron chi connectivity index (χ2n) is 3.98. The number of hydrogen-bond donors (Lipinski definition) is 1. The lowest BCUT2D eigenvalue weighted by Gasteiger charge is -2.08. The van der Waals surface area contributed by atoms with Crippen molar-refractivity contribution < 1.29 is 14.2 Å². The number of methoxy groups -OCH3 is 1. The van der Waals surface area contributed by atoms with Gasteiger partial charge in [0, 0.05) is 26.9 Å². The Hall–Kier alpha value is -0.940. The highest BCUT2D eigenvalue weighted by atomic mass is 16.5. The minimum Gasteiger partial charge on any atom is -0.382 e. The largest absolute Gasteiger partial charge is 0.382 e. The first-order chi connectivity index (χ1) is 8.88. The fraction of sp³-hybridized carbons (Fsp3) is 0.571. The van der Waals surface area contributed by atoms with Crippen molar-refractivity contribution in [1.29, 1.82) is 0 Å². The Morgan fingerprint density at radius 3 is 2.39 bits per heavy atom. The molecule has 0 spiro atoms. The van der Waals surface area contributed by atoms with E-state index in [9.17, 15) is 0 Å². The summed E-state index contributed by atoms with van der Waals surface area (Å²) in [6, 6.07) is 8.09. The van der Waals surface area contributed by atoms with Gasteiger partial charge in [-0.15, -0.1) is 0 Å². The van der Waals surface area contributed by atoms with Gasteiger partial charge in [0.05, 0.1) is 19.8 Å². The van der Waals surface area contributed by atoms with Crippen LogP contribution in [-0.2, 0) is 27.4 Å². The second kappa shape index (κ2) is 10.0. The van der Waals surface area contributed by atoms with E-state index in [4.69, 9.17) is 19.9 Å². The van der Waals surface area contributed by atoms with E-state index in [1.54, 1.807) is 7.11 Å². The van der Waals surface area contributed by atoms with Gasteiger partial charge in [0.1, 0.15) is 0 Å². The van der Waals surface area contributed by atoms with E-state index in [0.29, 0.717) is 39.6 Å². The van der Waals surface area contributed by atoms with Crippen LogP contribution < -0.4 is 5.73 Å². The lowest BCUT2D eigenvalue weighted by Crippen LogP contribution is -2.07. The molecular formula is C14H23NO3. The molecule has 1 aromatic carbocycles. The van der Waals surface area contributed by atoms with Crippen molar-refractivity contribution in [3.05, 3.63) is 35.4 Å². The van der Waals surface area contributed by atoms with Crippen molar-refractivity contribution in [2.24, 2.45) is 5.73 Å². The number of nitrogens with two attached hydrogens (primary N) is 1. The van der Waals surface area contributed by atoms with Crippen LogP contribution in [0.2, 0.25) is 0 Å². The average molecular weight is 253 g/mol. The first-order valence-corrected chi connectivity index (χ1v) is 6.29. The predicted octanol–water partition coefficient (Wildman–Crippen LogP) is 1.72. The van der Waals surface area contributed by atoms with Gasteiger partial charge in [-0.3, -0.25) is 0 Å². The molecule has 0 aliphatic carbocycles. The molecule has 0 atom stereocenters. The van der Waals surface area contributed by atoms with Crippen LogP contribution in [-0.4, -0.2) is 33.5 Å². The first kappa shape index (κ1) is 15.1. The van der Waals surface area contributed by atoms with Crippen LogP contribution in [0.25, 0.3) is 0 Å². The first-order valence-electron chi connectivity index (χ1n) is 6.29. The Kier molecular flexibility index (Phi) is 8.42. The zero-order chi connectivity index (χ0) is 13.1. The highest BCUT2D eigenvalue weighted by Crippen LogP contribution is 2.09. The molecule has 18 heavy (non-hydrogen) atoms. The van der Waals surface area contributed by atoms with E-state index in [1.165, 1.54) is 5.56 Å². The van der Waals surface area contributed by atoms with E-state index >= 15 is 0 Å². The third kappa shape index (κ3) is 6.12. The van der Waals surface area contributed by atoms with Crippen molar-refractivity contribution >= 4 is 0 Å². The molecule has 0 unspecified atom stereocenters. The normalized spacial score (nSPS) is 10.8. The van der Waals surface area contributed by atoms with Crippen LogP contribution >= 0.6 is 0 Å². The molecule has 0 amide bonds. The van der Waals surface area contributed by atoms with Crippen molar-refractivity contribution in [3.8, 4) is 0 Å². The van der Waals surface area contributed by atoms with Gasteiger partial charge < -0.3 is 19.9 Å². The summed E-state index contributed by atoms with van der Waals surface area (Å²) >= 11 is 0. The maximum atomic E-state index is 5.66. The molecule has 0 radical (unpaired) electrons. The smallest absolute Gasteiger partial charge is 0.0720 e. The van der Waals surface area contributed by atoms with E-state index in [2.05, 4.69) is 6.07 Å². The summed E-state index contributed by atoms with van der Waals surface area (Å²) in [5, 5.41) is 0. The Morgan fingerprint density at radius 2 is 1.67 bits per heavy atom. The van der Waals surface area contributed by atoms with Crippen LogP contribution in [0.3, 0.4) is 0 Å². The Labute approximate surface area is 109 Å². The van der Waals surface area contributed by atoms with E-state index in [-0.39, 0.29) is 0 Å². The van der Waals surface area contributed by atoms with Gasteiger partial charge in [0.15, 0.2) is 0 Å². The molecule has 0 aromatic heterocycles. The average Bonchev–Trinajstić information content (AvgIpc) is 2.42. The standard InChI is InChI=1S/C14H23NO3/c1-16-9-10-17-7-4-8-18-12-14-6-3-2-5-13(14)11-15/h2-3,5-6H,4,7-12,15H2,1H3. The third-order valence-corrected chi connectivity index (χ3v) is 2.61. The van der Waals surface area contributed by atoms with Crippen LogP contribution in [0.15, 0.2) is 24.3 Å². The molecule has 0 fully saturated rings. The molecule has 0 heterocycles. The van der Waals surface area contributed by atoms with Crippen LogP contribution in [0, 0.1) is 0 Å². The molecular weight excluding hydrogens is 230 g/mol. The maximum absolute atomic E-state index is 5.66. The quantitative estimate of drug-likeness (QED) is 0.645. The molecule has 0 aliphatic heterocycles. The Morgan fingerprint density at radius 1 is 0.944 bits per heavy atom. The minimum absolute atomic E-state index is 0.555. The van der Waals surface area contributed by atoms with Crippen molar-refractivity contribution in [2.45, 2.75) is 19.6 Å². The molecule has 0 aliphatic rings. The van der Waals surface area contributed by atoms with Gasteiger partial charge in [-0.1, -0.05) is 24.3 Å². The van der Waals surface area contributed by atoms with Crippen LogP contribution in [0.5, 0.6) is 0 Å². The minimum atomic E-state index is 0.555. The number of benzene rings is 1. The molecule has 0 bridgehead atoms. The topological polar surface area (TPSA) is 53.7 Å². The molecule has 0 saturated carbocycles. The van der Waals surface area contributed by atoms with Crippen molar-refractivity contribution in [1.82, 2.24) is 0 Å². The highest BCUT2D eigenvalue weighted by molar-refractivity contribution is 5.26. The summed E-state index contributed by atoms with van der Waals surface area (Å²) in [5.74, 6) is 0. The van der Waals surface area contributed by atoms with Crippen LogP contribution in [0.1, 0.15) is 17.5 Å². The molecule has 4 heteroatoms. The lowest BCUT2D eigenvalue weighted by molar-refractivity contribution is 0.0482. The van der Waals surface area contributed by atoms with Gasteiger partial charge in [-0.25, -0.2) is 0 Å². The maximum Gasteiger partial charge on any atom is 0.0720 e. The number of ether oxygens (including phenoxy) is 3. The lowest BCUT2D eigenvalue weighted by atomic mass is 10.1. The summed E-state index contributed by atoms with van der Waals surface area (Å²) in [6.45, 7) is 3.87. The van der Waals surface area contributed by atoms with Crippen molar-refractivity contribution in [3.63, 3.8) is 0 Å². The molecule has 102 valence electrons. The third-order valence-electron chi connectivity index (χ3n) is 2.61. The molecule has 2 N–H and O–H groups in total. The molecule has 1 rings (SSSR count). The summed E-state index contributed by atoms with van der Waals surface area (Å²) < 4.78 is 15.8. The Balaban J connectivity index is 2.07. The summed E-state index contributed by atoms with van der Waals surface area (Å²) in [4.78, 5) is 0. The monoisotopic (exact) mass is 253 g/mol. The van der Waals surface area contributed by atoms with Gasteiger partial charge in [0.25, 0.3) is 0 Å². The van der Waals surface area contributed by atoms with Crippen molar-refractivity contribution in [2.75, 3.05) is 33.5 Å². The molecule has 4 nitrogen and oxygen atoms in total. The fourth-order valence-electron chi connectivity index (χ4n) is 1.59. The fourth-order valence-corrected chi connectivity index (χ4v) is 1.59. The Bertz CT molecular complexity index is 318. The highest BCUT2D eigenvalue weighted by Gasteiger charge is 1.99. The number of hydrogen-bond acceptors (Lipinski definition) is 4. The SMILES string of the molecule is COCCOCCCOCc1ccccc1CN. The van der Waals surface area contributed by atoms with E-state index in [1.807, 2.05) is 18.2 Å². The number of rotatable bonds is 10. The van der Waals surface area contributed by atoms with E-state index in [0.717, 1.165) is 12.0 Å². The van der Waals surface area contributed by atoms with Gasteiger partial charge >= 0.3 is 0 Å². The molecule has 1 aromatic rings. The van der Waals surface area contributed by atoms with Gasteiger partial charge in [-0.05, 0) is 17.5 Å². The summed E-state index contributed by atoms with van der Waals surface area (Å²) in [6.07, 6.45) is 0.897. The molecule has 0 saturated heterocycles. The summed E-state index contributed by atoms with van der Waals surface area (Å²) in [7, 11) is 1.67. The second-order valence-corrected chi connectivity index (χ2v) is 3.98. The zero-order valence-corrected chi connectivity index (χ0v) is 11.1.